The maximum atomic E-state index is 12.1. The Bertz CT molecular complexity index is 544. The van der Waals surface area contributed by atoms with E-state index in [2.05, 4.69) is 25.6 Å². The van der Waals surface area contributed by atoms with Crippen LogP contribution in [0.2, 0.25) is 0 Å². The number of tetrazole rings is 1. The van der Waals surface area contributed by atoms with Gasteiger partial charge in [0.2, 0.25) is 0 Å². The van der Waals surface area contributed by atoms with Gasteiger partial charge in [0.15, 0.2) is 5.82 Å². The van der Waals surface area contributed by atoms with Gasteiger partial charge in [-0.3, -0.25) is 11.3 Å². The summed E-state index contributed by atoms with van der Waals surface area (Å²) in [5.41, 5.74) is 3.44. The number of halogens is 2. The van der Waals surface area contributed by atoms with E-state index in [1.54, 1.807) is 19.2 Å². The molecule has 9 heteroatoms. The van der Waals surface area contributed by atoms with Crippen LogP contribution in [0.4, 0.5) is 8.78 Å². The quantitative estimate of drug-likeness (QED) is 0.595. The molecule has 1 aromatic heterocycles. The lowest BCUT2D eigenvalue weighted by atomic mass is 10.0. The summed E-state index contributed by atoms with van der Waals surface area (Å²) >= 11 is 0. The molecule has 7 nitrogen and oxygen atoms in total. The van der Waals surface area contributed by atoms with Gasteiger partial charge in [0.25, 0.3) is 0 Å². The number of hydrogen-bond donors (Lipinski definition) is 2. The van der Waals surface area contributed by atoms with Crippen LogP contribution in [0.1, 0.15) is 17.4 Å². The molecule has 1 aromatic carbocycles. The fourth-order valence-corrected chi connectivity index (χ4v) is 1.74. The van der Waals surface area contributed by atoms with Gasteiger partial charge in [-0.2, -0.15) is 13.6 Å². The van der Waals surface area contributed by atoms with Crippen molar-refractivity contribution in [1.29, 1.82) is 0 Å². The summed E-state index contributed by atoms with van der Waals surface area (Å²) in [4.78, 5) is 1.35. The summed E-state index contributed by atoms with van der Waals surface area (Å²) in [5, 5.41) is 11.7. The summed E-state index contributed by atoms with van der Waals surface area (Å²) in [5.74, 6) is 6.12. The zero-order chi connectivity index (χ0) is 14.5. The Balaban J connectivity index is 2.07. The Hall–Kier alpha value is -2.13. The molecule has 0 bridgehead atoms. The topological polar surface area (TPSA) is 90.9 Å². The summed E-state index contributed by atoms with van der Waals surface area (Å²) < 4.78 is 28.4. The molecule has 1 heterocycles. The van der Waals surface area contributed by atoms with Crippen molar-refractivity contribution in [3.8, 4) is 5.75 Å². The van der Waals surface area contributed by atoms with Crippen LogP contribution in [0.5, 0.6) is 5.75 Å². The highest BCUT2D eigenvalue weighted by Gasteiger charge is 2.14. The largest absolute Gasteiger partial charge is 0.435 e. The average Bonchev–Trinajstić information content (AvgIpc) is 2.82. The van der Waals surface area contributed by atoms with Crippen molar-refractivity contribution in [1.82, 2.24) is 25.6 Å². The molecule has 0 amide bonds. The highest BCUT2D eigenvalue weighted by molar-refractivity contribution is 5.29. The number of benzene rings is 1. The van der Waals surface area contributed by atoms with Crippen LogP contribution >= 0.6 is 0 Å². The molecule has 2 rings (SSSR count). The number of alkyl halides is 2. The van der Waals surface area contributed by atoms with Crippen molar-refractivity contribution in [3.05, 3.63) is 35.7 Å². The Labute approximate surface area is 113 Å². The van der Waals surface area contributed by atoms with Crippen LogP contribution in [0.3, 0.4) is 0 Å². The molecule has 0 saturated carbocycles. The molecule has 0 aliphatic rings. The van der Waals surface area contributed by atoms with Crippen molar-refractivity contribution < 1.29 is 13.5 Å². The maximum absolute atomic E-state index is 12.1. The number of nitrogens with zero attached hydrogens (tertiary/aromatic N) is 4. The van der Waals surface area contributed by atoms with E-state index in [4.69, 9.17) is 5.84 Å². The van der Waals surface area contributed by atoms with Crippen LogP contribution in [0.15, 0.2) is 24.3 Å². The van der Waals surface area contributed by atoms with Crippen LogP contribution in [-0.2, 0) is 13.5 Å². The number of hydrogen-bond acceptors (Lipinski definition) is 6. The Morgan fingerprint density at radius 2 is 2.05 bits per heavy atom. The first-order valence-electron chi connectivity index (χ1n) is 5.82. The van der Waals surface area contributed by atoms with Crippen LogP contribution in [0.25, 0.3) is 0 Å². The number of hydrazine groups is 1. The normalized spacial score (nSPS) is 12.7. The van der Waals surface area contributed by atoms with Crippen molar-refractivity contribution in [2.45, 2.75) is 19.1 Å². The first-order valence-corrected chi connectivity index (χ1v) is 5.82. The smallest absolute Gasteiger partial charge is 0.387 e. The van der Waals surface area contributed by atoms with Gasteiger partial charge >= 0.3 is 6.61 Å². The number of ether oxygens (including phenoxy) is 1. The van der Waals surface area contributed by atoms with E-state index in [0.717, 1.165) is 5.56 Å². The average molecular weight is 284 g/mol. The molecule has 0 spiro atoms. The van der Waals surface area contributed by atoms with E-state index >= 15 is 0 Å². The van der Waals surface area contributed by atoms with Gasteiger partial charge in [-0.25, -0.2) is 0 Å². The van der Waals surface area contributed by atoms with E-state index < -0.39 is 6.61 Å². The molecule has 1 unspecified atom stereocenters. The maximum Gasteiger partial charge on any atom is 0.387 e. The molecule has 1 atom stereocenters. The summed E-state index contributed by atoms with van der Waals surface area (Å²) in [6, 6.07) is 5.96. The lowest BCUT2D eigenvalue weighted by molar-refractivity contribution is -0.0498. The van der Waals surface area contributed by atoms with Gasteiger partial charge in [0, 0.05) is 6.42 Å². The predicted octanol–water partition coefficient (Wildman–Crippen LogP) is 0.559. The second kappa shape index (κ2) is 6.35. The number of aryl methyl sites for hydroxylation is 1. The minimum absolute atomic E-state index is 0.0946. The van der Waals surface area contributed by atoms with Crippen molar-refractivity contribution in [2.24, 2.45) is 12.9 Å². The number of aromatic nitrogens is 4. The zero-order valence-electron chi connectivity index (χ0n) is 10.7. The van der Waals surface area contributed by atoms with Gasteiger partial charge in [0.05, 0.1) is 13.1 Å². The monoisotopic (exact) mass is 284 g/mol. The van der Waals surface area contributed by atoms with E-state index in [9.17, 15) is 8.78 Å². The first-order chi connectivity index (χ1) is 9.58. The molecule has 0 aliphatic heterocycles. The standard InChI is InChI=1S/C11H14F2N6O/c1-19-17-10(16-18-19)6-9(15-14)7-2-4-8(5-3-7)20-11(12)13/h2-5,9,11,15H,6,14H2,1H3. The molecular weight excluding hydrogens is 270 g/mol. The minimum Gasteiger partial charge on any atom is -0.435 e. The van der Waals surface area contributed by atoms with E-state index in [0.29, 0.717) is 12.2 Å². The van der Waals surface area contributed by atoms with Crippen molar-refractivity contribution in [2.75, 3.05) is 0 Å². The third kappa shape index (κ3) is 3.68. The third-order valence-corrected chi connectivity index (χ3v) is 2.65. The Morgan fingerprint density at radius 3 is 2.55 bits per heavy atom. The van der Waals surface area contributed by atoms with Crippen molar-refractivity contribution in [3.63, 3.8) is 0 Å². The SMILES string of the molecule is Cn1nnc(CC(NN)c2ccc(OC(F)F)cc2)n1. The molecular formula is C11H14F2N6O. The van der Waals surface area contributed by atoms with Crippen LogP contribution < -0.4 is 16.0 Å². The zero-order valence-corrected chi connectivity index (χ0v) is 10.7. The summed E-state index contributed by atoms with van der Waals surface area (Å²) in [6.45, 7) is -2.84. The van der Waals surface area contributed by atoms with Gasteiger partial charge in [-0.15, -0.1) is 10.2 Å². The van der Waals surface area contributed by atoms with Crippen molar-refractivity contribution >= 4 is 0 Å². The van der Waals surface area contributed by atoms with Gasteiger partial charge in [-0.1, -0.05) is 12.1 Å². The highest BCUT2D eigenvalue weighted by atomic mass is 19.3. The van der Waals surface area contributed by atoms with E-state index in [1.165, 1.54) is 16.9 Å². The second-order valence-electron chi connectivity index (χ2n) is 4.07. The van der Waals surface area contributed by atoms with Gasteiger partial charge in [0.1, 0.15) is 5.75 Å². The molecule has 2 aromatic rings. The fourth-order valence-electron chi connectivity index (χ4n) is 1.74. The molecule has 0 saturated heterocycles. The molecule has 108 valence electrons. The highest BCUT2D eigenvalue weighted by Crippen LogP contribution is 2.20. The van der Waals surface area contributed by atoms with Gasteiger partial charge < -0.3 is 4.74 Å². The third-order valence-electron chi connectivity index (χ3n) is 2.65. The Morgan fingerprint density at radius 1 is 1.35 bits per heavy atom. The summed E-state index contributed by atoms with van der Waals surface area (Å²) in [6.07, 6.45) is 0.430. The fraction of sp³-hybridized carbons (Fsp3) is 0.364. The van der Waals surface area contributed by atoms with Gasteiger partial charge in [-0.05, 0) is 22.9 Å². The van der Waals surface area contributed by atoms with E-state index in [1.807, 2.05) is 0 Å². The first kappa shape index (κ1) is 14.3. The lowest BCUT2D eigenvalue weighted by Crippen LogP contribution is -2.29. The predicted molar refractivity (Wildman–Crippen MR) is 65.6 cm³/mol. The molecule has 0 fully saturated rings. The molecule has 0 radical (unpaired) electrons. The van der Waals surface area contributed by atoms with Crippen LogP contribution in [-0.4, -0.2) is 26.8 Å². The molecule has 0 aliphatic carbocycles. The van der Waals surface area contributed by atoms with Crippen LogP contribution in [0, 0.1) is 0 Å². The number of rotatable bonds is 6. The molecule has 20 heavy (non-hydrogen) atoms. The lowest BCUT2D eigenvalue weighted by Gasteiger charge is -2.15. The number of nitrogens with one attached hydrogen (secondary N) is 1. The summed E-state index contributed by atoms with van der Waals surface area (Å²) in [7, 11) is 1.66. The second-order valence-corrected chi connectivity index (χ2v) is 4.07. The Kier molecular flexibility index (Phi) is 4.53. The molecule has 3 N–H and O–H groups in total. The van der Waals surface area contributed by atoms with E-state index in [-0.39, 0.29) is 11.8 Å². The minimum atomic E-state index is -2.84. The number of nitrogens with two attached hydrogens (primary N) is 1.